The molecule has 1 aromatic carbocycles. The van der Waals surface area contributed by atoms with Crippen LogP contribution in [0, 0.1) is 12.7 Å². The zero-order valence-electron chi connectivity index (χ0n) is 10.7. The maximum absolute atomic E-state index is 13.8. The number of thiazole rings is 1. The Hall–Kier alpha value is -2.21. The molecule has 0 spiro atoms. The maximum Gasteiger partial charge on any atom is 0.328 e. The number of hydrogen-bond donors (Lipinski definition) is 1. The van der Waals surface area contributed by atoms with Gasteiger partial charge in [0.1, 0.15) is 6.61 Å². The average Bonchev–Trinajstić information content (AvgIpc) is 2.81. The van der Waals surface area contributed by atoms with Gasteiger partial charge in [0.15, 0.2) is 11.6 Å². The lowest BCUT2D eigenvalue weighted by molar-refractivity contribution is -0.131. The van der Waals surface area contributed by atoms with E-state index in [4.69, 9.17) is 9.84 Å². The highest BCUT2D eigenvalue weighted by molar-refractivity contribution is 7.11. The Morgan fingerprint density at radius 1 is 1.55 bits per heavy atom. The Morgan fingerprint density at radius 2 is 2.35 bits per heavy atom. The summed E-state index contributed by atoms with van der Waals surface area (Å²) in [6.07, 6.45) is 3.92. The fourth-order valence-electron chi connectivity index (χ4n) is 1.59. The van der Waals surface area contributed by atoms with Crippen LogP contribution in [0.2, 0.25) is 0 Å². The van der Waals surface area contributed by atoms with Crippen LogP contribution in [-0.2, 0) is 11.4 Å². The number of carbonyl (C=O) groups is 1. The zero-order chi connectivity index (χ0) is 14.5. The van der Waals surface area contributed by atoms with Crippen LogP contribution in [0.15, 0.2) is 30.5 Å². The van der Waals surface area contributed by atoms with Crippen molar-refractivity contribution in [2.24, 2.45) is 0 Å². The lowest BCUT2D eigenvalue weighted by atomic mass is 10.2. The van der Waals surface area contributed by atoms with Crippen molar-refractivity contribution >= 4 is 23.4 Å². The van der Waals surface area contributed by atoms with Crippen LogP contribution in [0.25, 0.3) is 6.08 Å². The Kier molecular flexibility index (Phi) is 4.47. The summed E-state index contributed by atoms with van der Waals surface area (Å²) in [6, 6.07) is 4.36. The maximum atomic E-state index is 13.8. The van der Waals surface area contributed by atoms with Crippen LogP contribution in [0.1, 0.15) is 15.4 Å². The third kappa shape index (κ3) is 3.64. The summed E-state index contributed by atoms with van der Waals surface area (Å²) in [5.74, 6) is -1.59. The van der Waals surface area contributed by atoms with Gasteiger partial charge in [-0.05, 0) is 19.1 Å². The van der Waals surface area contributed by atoms with E-state index < -0.39 is 11.8 Å². The third-order valence-corrected chi connectivity index (χ3v) is 3.32. The van der Waals surface area contributed by atoms with E-state index in [2.05, 4.69) is 4.98 Å². The van der Waals surface area contributed by atoms with Crippen LogP contribution < -0.4 is 4.74 Å². The van der Waals surface area contributed by atoms with Gasteiger partial charge in [-0.3, -0.25) is 0 Å². The van der Waals surface area contributed by atoms with Gasteiger partial charge in [0, 0.05) is 17.8 Å². The molecule has 0 aliphatic rings. The first kappa shape index (κ1) is 14.2. The number of aryl methyl sites for hydroxylation is 1. The Balaban J connectivity index is 2.19. The summed E-state index contributed by atoms with van der Waals surface area (Å²) < 4.78 is 19.2. The van der Waals surface area contributed by atoms with Crippen molar-refractivity contribution in [2.75, 3.05) is 0 Å². The molecule has 0 atom stereocenters. The van der Waals surface area contributed by atoms with Crippen molar-refractivity contribution in [3.63, 3.8) is 0 Å². The molecule has 1 N–H and O–H groups in total. The smallest absolute Gasteiger partial charge is 0.328 e. The second-order valence-electron chi connectivity index (χ2n) is 3.96. The van der Waals surface area contributed by atoms with Gasteiger partial charge in [-0.2, -0.15) is 0 Å². The van der Waals surface area contributed by atoms with E-state index in [1.807, 2.05) is 6.92 Å². The summed E-state index contributed by atoms with van der Waals surface area (Å²) in [4.78, 5) is 15.5. The predicted octanol–water partition coefficient (Wildman–Crippen LogP) is 3.27. The molecule has 0 aliphatic carbocycles. The summed E-state index contributed by atoms with van der Waals surface area (Å²) in [5, 5.41) is 9.52. The van der Waals surface area contributed by atoms with Gasteiger partial charge in [0.05, 0.1) is 9.88 Å². The van der Waals surface area contributed by atoms with Crippen LogP contribution >= 0.6 is 11.3 Å². The van der Waals surface area contributed by atoms with E-state index in [1.165, 1.54) is 29.5 Å². The van der Waals surface area contributed by atoms with Crippen LogP contribution in [0.4, 0.5) is 4.39 Å². The van der Waals surface area contributed by atoms with E-state index in [-0.39, 0.29) is 12.4 Å². The van der Waals surface area contributed by atoms with Crippen molar-refractivity contribution in [2.45, 2.75) is 13.5 Å². The van der Waals surface area contributed by atoms with Gasteiger partial charge in [-0.1, -0.05) is 12.1 Å². The zero-order valence-corrected chi connectivity index (χ0v) is 11.5. The van der Waals surface area contributed by atoms with Crippen LogP contribution in [-0.4, -0.2) is 16.1 Å². The minimum atomic E-state index is -1.10. The standard InChI is InChI=1S/C14H12FNO3S/c1-9-16-7-11(20-9)8-19-14-10(5-6-13(17)18)3-2-4-12(14)15/h2-7H,8H2,1H3,(H,17,18)/b6-5+. The van der Waals surface area contributed by atoms with Crippen molar-refractivity contribution in [3.05, 3.63) is 51.7 Å². The molecule has 0 saturated carbocycles. The molecular weight excluding hydrogens is 281 g/mol. The largest absolute Gasteiger partial charge is 0.484 e. The molecule has 2 aromatic rings. The molecule has 1 heterocycles. The molecule has 0 saturated heterocycles. The number of benzene rings is 1. The van der Waals surface area contributed by atoms with Crippen LogP contribution in [0.5, 0.6) is 5.75 Å². The number of rotatable bonds is 5. The van der Waals surface area contributed by atoms with Gasteiger partial charge < -0.3 is 9.84 Å². The van der Waals surface area contributed by atoms with E-state index >= 15 is 0 Å². The molecule has 0 unspecified atom stereocenters. The Labute approximate surface area is 119 Å². The van der Waals surface area contributed by atoms with Gasteiger partial charge in [-0.25, -0.2) is 14.2 Å². The SMILES string of the molecule is Cc1ncc(COc2c(F)cccc2/C=C/C(=O)O)s1. The first-order chi connectivity index (χ1) is 9.56. The first-order valence-corrected chi connectivity index (χ1v) is 6.61. The molecule has 0 radical (unpaired) electrons. The van der Waals surface area contributed by atoms with Gasteiger partial charge in [0.2, 0.25) is 0 Å². The van der Waals surface area contributed by atoms with Crippen molar-refractivity contribution in [1.82, 2.24) is 4.98 Å². The molecular formula is C14H12FNO3S. The second kappa shape index (κ2) is 6.29. The topological polar surface area (TPSA) is 59.4 Å². The number of aliphatic carboxylic acids is 1. The highest BCUT2D eigenvalue weighted by Crippen LogP contribution is 2.25. The molecule has 0 fully saturated rings. The minimum Gasteiger partial charge on any atom is -0.484 e. The third-order valence-electron chi connectivity index (χ3n) is 2.43. The molecule has 0 aliphatic heterocycles. The minimum absolute atomic E-state index is 0.0380. The van der Waals surface area contributed by atoms with E-state index in [1.54, 1.807) is 12.3 Å². The number of para-hydroxylation sites is 1. The molecule has 1 aromatic heterocycles. The number of aromatic nitrogens is 1. The monoisotopic (exact) mass is 293 g/mol. The lowest BCUT2D eigenvalue weighted by Crippen LogP contribution is -1.98. The first-order valence-electron chi connectivity index (χ1n) is 5.80. The van der Waals surface area contributed by atoms with E-state index in [0.29, 0.717) is 5.56 Å². The summed E-state index contributed by atoms with van der Waals surface area (Å²) in [5.41, 5.74) is 0.383. The summed E-state index contributed by atoms with van der Waals surface area (Å²) >= 11 is 1.47. The number of halogens is 1. The van der Waals surface area contributed by atoms with Crippen molar-refractivity contribution < 1.29 is 19.0 Å². The Bertz CT molecular complexity index is 652. The van der Waals surface area contributed by atoms with Gasteiger partial charge in [-0.15, -0.1) is 11.3 Å². The molecule has 4 nitrogen and oxygen atoms in total. The predicted molar refractivity (Wildman–Crippen MR) is 74.3 cm³/mol. The average molecular weight is 293 g/mol. The quantitative estimate of drug-likeness (QED) is 0.860. The molecule has 0 amide bonds. The normalized spacial score (nSPS) is 10.9. The van der Waals surface area contributed by atoms with Gasteiger partial charge in [0.25, 0.3) is 0 Å². The summed E-state index contributed by atoms with van der Waals surface area (Å²) in [7, 11) is 0. The summed E-state index contributed by atoms with van der Waals surface area (Å²) in [6.45, 7) is 2.07. The van der Waals surface area contributed by atoms with E-state index in [9.17, 15) is 9.18 Å². The van der Waals surface area contributed by atoms with E-state index in [0.717, 1.165) is 16.0 Å². The van der Waals surface area contributed by atoms with Crippen molar-refractivity contribution in [3.8, 4) is 5.75 Å². The number of nitrogens with zero attached hydrogens (tertiary/aromatic N) is 1. The fraction of sp³-hybridized carbons (Fsp3) is 0.143. The highest BCUT2D eigenvalue weighted by Gasteiger charge is 2.09. The fourth-order valence-corrected chi connectivity index (χ4v) is 2.29. The van der Waals surface area contributed by atoms with Gasteiger partial charge >= 0.3 is 5.97 Å². The number of hydrogen-bond acceptors (Lipinski definition) is 4. The molecule has 20 heavy (non-hydrogen) atoms. The molecule has 2 rings (SSSR count). The van der Waals surface area contributed by atoms with Crippen molar-refractivity contribution in [1.29, 1.82) is 0 Å². The molecule has 6 heteroatoms. The molecule has 104 valence electrons. The number of ether oxygens (including phenoxy) is 1. The Morgan fingerprint density at radius 3 is 3.00 bits per heavy atom. The number of carboxylic acid groups (broad SMARTS) is 1. The van der Waals surface area contributed by atoms with Crippen LogP contribution in [0.3, 0.4) is 0 Å². The lowest BCUT2D eigenvalue weighted by Gasteiger charge is -2.09. The second-order valence-corrected chi connectivity index (χ2v) is 5.28. The number of carboxylic acids is 1. The highest BCUT2D eigenvalue weighted by atomic mass is 32.1. The molecule has 0 bridgehead atoms.